The van der Waals surface area contributed by atoms with Crippen molar-refractivity contribution < 1.29 is 8.42 Å². The molecule has 0 spiro atoms. The SMILES string of the molecule is CN(C1CCC(C)(C)CC1)S(=O)(=O)N1CCCC(CCl)C1. The zero-order valence-electron chi connectivity index (χ0n) is 13.5. The molecule has 0 aromatic rings. The van der Waals surface area contributed by atoms with Gasteiger partial charge in [0.25, 0.3) is 10.2 Å². The molecule has 0 radical (unpaired) electrons. The lowest BCUT2D eigenvalue weighted by Gasteiger charge is -2.41. The molecule has 0 bridgehead atoms. The maximum absolute atomic E-state index is 12.8. The van der Waals surface area contributed by atoms with Crippen LogP contribution >= 0.6 is 11.6 Å². The Kier molecular flexibility index (Phi) is 5.61. The summed E-state index contributed by atoms with van der Waals surface area (Å²) < 4.78 is 28.9. The van der Waals surface area contributed by atoms with Crippen LogP contribution in [0.1, 0.15) is 52.4 Å². The summed E-state index contributed by atoms with van der Waals surface area (Å²) in [5.74, 6) is 0.849. The Bertz CT molecular complexity index is 443. The highest BCUT2D eigenvalue weighted by atomic mass is 35.5. The van der Waals surface area contributed by atoms with Gasteiger partial charge in [0.05, 0.1) is 0 Å². The number of piperidine rings is 1. The van der Waals surface area contributed by atoms with E-state index in [1.807, 2.05) is 0 Å². The third kappa shape index (κ3) is 4.12. The number of hydrogen-bond acceptors (Lipinski definition) is 2. The molecule has 0 amide bonds. The number of alkyl halides is 1. The maximum Gasteiger partial charge on any atom is 0.281 e. The average Bonchev–Trinajstić information content (AvgIpc) is 2.46. The summed E-state index contributed by atoms with van der Waals surface area (Å²) in [6.45, 7) is 5.76. The normalized spacial score (nSPS) is 28.9. The fourth-order valence-electron chi connectivity index (χ4n) is 3.48. The standard InChI is InChI=1S/C15H29ClN2O2S/c1-15(2)8-6-14(7-9-15)17(3)21(19,20)18-10-4-5-13(11-16)12-18/h13-14H,4-12H2,1-3H3. The van der Waals surface area contributed by atoms with Crippen molar-refractivity contribution in [3.05, 3.63) is 0 Å². The van der Waals surface area contributed by atoms with Gasteiger partial charge in [-0.15, -0.1) is 11.6 Å². The smallest absolute Gasteiger partial charge is 0.195 e. The van der Waals surface area contributed by atoms with Crippen molar-refractivity contribution in [1.29, 1.82) is 0 Å². The Hall–Kier alpha value is 0.160. The molecule has 2 fully saturated rings. The molecule has 1 saturated carbocycles. The molecule has 1 atom stereocenters. The van der Waals surface area contributed by atoms with Crippen molar-refractivity contribution in [3.8, 4) is 0 Å². The fraction of sp³-hybridized carbons (Fsp3) is 1.00. The zero-order valence-corrected chi connectivity index (χ0v) is 15.1. The summed E-state index contributed by atoms with van der Waals surface area (Å²) in [7, 11) is -1.58. The molecule has 1 unspecified atom stereocenters. The van der Waals surface area contributed by atoms with Crippen molar-refractivity contribution in [2.24, 2.45) is 11.3 Å². The molecule has 1 aliphatic carbocycles. The molecule has 21 heavy (non-hydrogen) atoms. The number of hydrogen-bond donors (Lipinski definition) is 0. The second-order valence-electron chi connectivity index (χ2n) is 7.44. The minimum Gasteiger partial charge on any atom is -0.195 e. The molecule has 1 saturated heterocycles. The van der Waals surface area contributed by atoms with E-state index in [-0.39, 0.29) is 6.04 Å². The maximum atomic E-state index is 12.8. The van der Waals surface area contributed by atoms with E-state index in [2.05, 4.69) is 13.8 Å². The first-order chi connectivity index (χ1) is 9.76. The van der Waals surface area contributed by atoms with Gasteiger partial charge in [0.15, 0.2) is 0 Å². The first kappa shape index (κ1) is 17.5. The highest BCUT2D eigenvalue weighted by molar-refractivity contribution is 7.86. The van der Waals surface area contributed by atoms with E-state index >= 15 is 0 Å². The van der Waals surface area contributed by atoms with Crippen LogP contribution in [0.15, 0.2) is 0 Å². The average molecular weight is 337 g/mol. The Balaban J connectivity index is 2.01. The molecule has 2 rings (SSSR count). The Morgan fingerprint density at radius 2 is 1.86 bits per heavy atom. The van der Waals surface area contributed by atoms with Gasteiger partial charge in [0, 0.05) is 32.1 Å². The molecule has 0 N–H and O–H groups in total. The van der Waals surface area contributed by atoms with Gasteiger partial charge in [-0.3, -0.25) is 0 Å². The molecule has 124 valence electrons. The highest BCUT2D eigenvalue weighted by Gasteiger charge is 2.37. The van der Waals surface area contributed by atoms with Gasteiger partial charge in [-0.25, -0.2) is 0 Å². The summed E-state index contributed by atoms with van der Waals surface area (Å²) in [6, 6.07) is 0.152. The molecular weight excluding hydrogens is 308 g/mol. The van der Waals surface area contributed by atoms with Gasteiger partial charge in [-0.2, -0.15) is 17.0 Å². The minimum absolute atomic E-state index is 0.152. The van der Waals surface area contributed by atoms with Gasteiger partial charge < -0.3 is 0 Å². The number of rotatable bonds is 4. The Morgan fingerprint density at radius 1 is 1.24 bits per heavy atom. The van der Waals surface area contributed by atoms with Crippen LogP contribution in [-0.2, 0) is 10.2 Å². The molecule has 1 aliphatic heterocycles. The highest BCUT2D eigenvalue weighted by Crippen LogP contribution is 2.37. The van der Waals surface area contributed by atoms with E-state index in [0.29, 0.717) is 30.3 Å². The van der Waals surface area contributed by atoms with E-state index in [0.717, 1.165) is 38.5 Å². The van der Waals surface area contributed by atoms with Gasteiger partial charge in [-0.1, -0.05) is 13.8 Å². The third-order valence-corrected chi connectivity index (χ3v) is 7.66. The first-order valence-corrected chi connectivity index (χ1v) is 9.98. The monoisotopic (exact) mass is 336 g/mol. The molecular formula is C15H29ClN2O2S. The molecule has 6 heteroatoms. The van der Waals surface area contributed by atoms with E-state index in [9.17, 15) is 8.42 Å². The van der Waals surface area contributed by atoms with E-state index in [4.69, 9.17) is 11.6 Å². The lowest BCUT2D eigenvalue weighted by molar-refractivity contribution is 0.165. The largest absolute Gasteiger partial charge is 0.281 e. The first-order valence-electron chi connectivity index (χ1n) is 8.05. The lowest BCUT2D eigenvalue weighted by atomic mass is 9.76. The van der Waals surface area contributed by atoms with Crippen LogP contribution in [-0.4, -0.2) is 49.1 Å². The number of nitrogens with zero attached hydrogens (tertiary/aromatic N) is 2. The molecule has 4 nitrogen and oxygen atoms in total. The van der Waals surface area contributed by atoms with Crippen molar-refractivity contribution >= 4 is 21.8 Å². The summed E-state index contributed by atoms with van der Waals surface area (Å²) in [5.41, 5.74) is 0.357. The van der Waals surface area contributed by atoms with Crippen LogP contribution in [0.3, 0.4) is 0 Å². The number of halogens is 1. The van der Waals surface area contributed by atoms with Crippen LogP contribution < -0.4 is 0 Å². The minimum atomic E-state index is -3.33. The van der Waals surface area contributed by atoms with Crippen molar-refractivity contribution in [1.82, 2.24) is 8.61 Å². The summed E-state index contributed by atoms with van der Waals surface area (Å²) in [6.07, 6.45) is 6.09. The summed E-state index contributed by atoms with van der Waals surface area (Å²) in [5, 5.41) is 0. The van der Waals surface area contributed by atoms with E-state index in [1.165, 1.54) is 0 Å². The van der Waals surface area contributed by atoms with E-state index in [1.54, 1.807) is 15.7 Å². The predicted molar refractivity (Wildman–Crippen MR) is 87.7 cm³/mol. The van der Waals surface area contributed by atoms with Gasteiger partial charge >= 0.3 is 0 Å². The Labute approximate surface area is 135 Å². The second-order valence-corrected chi connectivity index (χ2v) is 9.74. The summed E-state index contributed by atoms with van der Waals surface area (Å²) in [4.78, 5) is 0. The third-order valence-electron chi connectivity index (χ3n) is 5.21. The molecule has 0 aromatic heterocycles. The fourth-order valence-corrected chi connectivity index (χ4v) is 5.44. The molecule has 1 heterocycles. The quantitative estimate of drug-likeness (QED) is 0.740. The van der Waals surface area contributed by atoms with Crippen LogP contribution in [0.5, 0.6) is 0 Å². The van der Waals surface area contributed by atoms with Crippen LogP contribution in [0.4, 0.5) is 0 Å². The van der Waals surface area contributed by atoms with Crippen molar-refractivity contribution in [3.63, 3.8) is 0 Å². The van der Waals surface area contributed by atoms with Crippen molar-refractivity contribution in [2.45, 2.75) is 58.4 Å². The predicted octanol–water partition coefficient (Wildman–Crippen LogP) is 3.08. The molecule has 2 aliphatic rings. The van der Waals surface area contributed by atoms with Gasteiger partial charge in [0.1, 0.15) is 0 Å². The lowest BCUT2D eigenvalue weighted by Crippen LogP contribution is -2.51. The molecule has 0 aromatic carbocycles. The van der Waals surface area contributed by atoms with Crippen LogP contribution in [0.2, 0.25) is 0 Å². The van der Waals surface area contributed by atoms with Gasteiger partial charge in [0.2, 0.25) is 0 Å². The zero-order chi connectivity index (χ0) is 15.7. The van der Waals surface area contributed by atoms with Crippen LogP contribution in [0.25, 0.3) is 0 Å². The van der Waals surface area contributed by atoms with E-state index < -0.39 is 10.2 Å². The second kappa shape index (κ2) is 6.73. The topological polar surface area (TPSA) is 40.6 Å². The summed E-state index contributed by atoms with van der Waals surface area (Å²) >= 11 is 5.92. The van der Waals surface area contributed by atoms with Crippen LogP contribution in [0, 0.1) is 11.3 Å². The Morgan fingerprint density at radius 3 is 2.43 bits per heavy atom. The van der Waals surface area contributed by atoms with Crippen molar-refractivity contribution in [2.75, 3.05) is 26.0 Å². The van der Waals surface area contributed by atoms with Gasteiger partial charge in [-0.05, 0) is 49.9 Å².